The lowest BCUT2D eigenvalue weighted by atomic mass is 10.0. The number of hydrogen-bond donors (Lipinski definition) is 0. The van der Waals surface area contributed by atoms with Crippen molar-refractivity contribution in [2.75, 3.05) is 13.2 Å². The van der Waals surface area contributed by atoms with Gasteiger partial charge in [0.1, 0.15) is 13.2 Å². The quantitative estimate of drug-likeness (QED) is 0.0261. The predicted octanol–water partition coefficient (Wildman–Crippen LogP) is 24.6. The molecule has 0 spiro atoms. The molecule has 0 saturated heterocycles. The number of unbranched alkanes of at least 4 members (excludes halogenated alkanes) is 40. The van der Waals surface area contributed by atoms with E-state index in [-0.39, 0.29) is 31.1 Å². The van der Waals surface area contributed by atoms with Gasteiger partial charge in [0.05, 0.1) is 0 Å². The smallest absolute Gasteiger partial charge is 0.306 e. The van der Waals surface area contributed by atoms with Crippen LogP contribution in [0.1, 0.15) is 361 Å². The maximum absolute atomic E-state index is 13.0. The van der Waals surface area contributed by atoms with Crippen molar-refractivity contribution in [3.8, 4) is 0 Å². The van der Waals surface area contributed by atoms with E-state index >= 15 is 0 Å². The Kier molecular flexibility index (Phi) is 67.2. The third-order valence-electron chi connectivity index (χ3n) is 15.6. The van der Waals surface area contributed by atoms with Gasteiger partial charge >= 0.3 is 17.9 Å². The van der Waals surface area contributed by atoms with Crippen LogP contribution in [0, 0.1) is 0 Å². The van der Waals surface area contributed by atoms with Gasteiger partial charge in [-0.25, -0.2) is 0 Å². The second-order valence-corrected chi connectivity index (χ2v) is 23.8. The number of esters is 3. The lowest BCUT2D eigenvalue weighted by Gasteiger charge is -2.18. The largest absolute Gasteiger partial charge is 0.462 e. The van der Waals surface area contributed by atoms with Gasteiger partial charge in [0.25, 0.3) is 0 Å². The van der Waals surface area contributed by atoms with E-state index in [2.05, 4.69) is 106 Å². The molecule has 0 aromatic rings. The fraction of sp³-hybridized carbons (Fsp3) is 0.776. The van der Waals surface area contributed by atoms with E-state index in [1.165, 1.54) is 231 Å². The molecule has 0 rings (SSSR count). The highest BCUT2D eigenvalue weighted by atomic mass is 16.6. The molecule has 0 amide bonds. The molecule has 0 saturated carbocycles. The van der Waals surface area contributed by atoms with Crippen molar-refractivity contribution >= 4 is 17.9 Å². The van der Waals surface area contributed by atoms with Crippen LogP contribution in [0.4, 0.5) is 0 Å². The van der Waals surface area contributed by atoms with Crippen LogP contribution in [-0.4, -0.2) is 37.2 Å². The third kappa shape index (κ3) is 67.4. The van der Waals surface area contributed by atoms with E-state index in [1.807, 2.05) is 0 Å². The second-order valence-electron chi connectivity index (χ2n) is 23.8. The molecule has 0 aliphatic heterocycles. The molecule has 0 aliphatic rings. The molecule has 0 aliphatic carbocycles. The Bertz CT molecular complexity index is 1550. The zero-order valence-corrected chi connectivity index (χ0v) is 54.5. The highest BCUT2D eigenvalue weighted by molar-refractivity contribution is 5.71. The molecular formula is C76H134O6. The molecule has 82 heavy (non-hydrogen) atoms. The minimum atomic E-state index is -0.782. The molecule has 0 N–H and O–H groups in total. The first-order valence-electron chi connectivity index (χ1n) is 35.6. The summed E-state index contributed by atoms with van der Waals surface area (Å²) < 4.78 is 17.0. The van der Waals surface area contributed by atoms with Gasteiger partial charge in [0.2, 0.25) is 0 Å². The van der Waals surface area contributed by atoms with Crippen LogP contribution in [0.5, 0.6) is 0 Å². The van der Waals surface area contributed by atoms with E-state index in [9.17, 15) is 14.4 Å². The van der Waals surface area contributed by atoms with Crippen molar-refractivity contribution in [1.82, 2.24) is 0 Å². The Balaban J connectivity index is 4.30. The number of allylic oxidation sites excluding steroid dienone is 14. The summed E-state index contributed by atoms with van der Waals surface area (Å²) in [6.45, 7) is 6.56. The van der Waals surface area contributed by atoms with Crippen LogP contribution >= 0.6 is 0 Å². The lowest BCUT2D eigenvalue weighted by molar-refractivity contribution is -0.167. The first-order valence-corrected chi connectivity index (χ1v) is 35.6. The maximum Gasteiger partial charge on any atom is 0.306 e. The topological polar surface area (TPSA) is 78.9 Å². The molecule has 0 aromatic carbocycles. The van der Waals surface area contributed by atoms with Crippen LogP contribution in [0.2, 0.25) is 0 Å². The molecule has 0 heterocycles. The van der Waals surface area contributed by atoms with Crippen molar-refractivity contribution in [2.45, 2.75) is 367 Å². The van der Waals surface area contributed by atoms with Crippen LogP contribution in [0.3, 0.4) is 0 Å². The van der Waals surface area contributed by atoms with Gasteiger partial charge in [-0.15, -0.1) is 0 Å². The van der Waals surface area contributed by atoms with Gasteiger partial charge in [0, 0.05) is 19.3 Å². The summed E-state index contributed by atoms with van der Waals surface area (Å²) in [5.41, 5.74) is 0. The Morgan fingerprint density at radius 3 is 0.756 bits per heavy atom. The number of rotatable bonds is 65. The molecule has 6 nitrogen and oxygen atoms in total. The van der Waals surface area contributed by atoms with Crippen molar-refractivity contribution < 1.29 is 28.6 Å². The molecule has 0 bridgehead atoms. The summed E-state index contributed by atoms with van der Waals surface area (Å²) in [7, 11) is 0. The maximum atomic E-state index is 13.0. The number of carbonyl (C=O) groups is 3. The summed E-state index contributed by atoms with van der Waals surface area (Å²) in [6, 6.07) is 0. The number of hydrogen-bond acceptors (Lipinski definition) is 6. The summed E-state index contributed by atoms with van der Waals surface area (Å²) in [5.74, 6) is -0.867. The zero-order valence-electron chi connectivity index (χ0n) is 54.5. The van der Waals surface area contributed by atoms with Crippen LogP contribution in [-0.2, 0) is 28.6 Å². The molecule has 6 heteroatoms. The number of carbonyl (C=O) groups excluding carboxylic acids is 3. The normalized spacial score (nSPS) is 12.6. The van der Waals surface area contributed by atoms with E-state index in [4.69, 9.17) is 14.2 Å². The molecule has 474 valence electrons. The van der Waals surface area contributed by atoms with Crippen LogP contribution < -0.4 is 0 Å². The molecular weight excluding hydrogens is 1010 g/mol. The lowest BCUT2D eigenvalue weighted by Crippen LogP contribution is -2.30. The summed E-state index contributed by atoms with van der Waals surface area (Å²) >= 11 is 0. The molecule has 1 unspecified atom stereocenters. The molecule has 0 radical (unpaired) electrons. The van der Waals surface area contributed by atoms with E-state index in [0.717, 1.165) is 89.9 Å². The summed E-state index contributed by atoms with van der Waals surface area (Å²) in [6.07, 6.45) is 93.2. The van der Waals surface area contributed by atoms with Gasteiger partial charge in [-0.05, 0) is 116 Å². The molecule has 0 fully saturated rings. The van der Waals surface area contributed by atoms with Crippen LogP contribution in [0.25, 0.3) is 0 Å². The minimum absolute atomic E-state index is 0.0772. The molecule has 1 atom stereocenters. The Labute approximate surface area is 509 Å². The Morgan fingerprint density at radius 2 is 0.476 bits per heavy atom. The average molecular weight is 1140 g/mol. The monoisotopic (exact) mass is 1140 g/mol. The standard InChI is InChI=1S/C76H134O6/c1-4-7-10-13-16-19-22-25-28-31-33-34-35-36-37-38-39-40-41-42-43-46-48-51-54-57-60-63-66-69-75(78)81-72-73(71-80-74(77)68-65-62-59-56-53-50-47-44-30-27-24-21-18-15-12-9-6-3)82-76(79)70-67-64-61-58-55-52-49-45-32-29-26-23-20-17-14-11-8-5-2/h7,10,16,19,25,27-30,32-34,36-37,73H,4-6,8-9,11-15,17-18,20-24,26,31,35,38-72H2,1-3H3/b10-7-,19-16-,28-25-,30-27-,32-29-,34-33-,37-36-. The first kappa shape index (κ1) is 78.6. The van der Waals surface area contributed by atoms with Gasteiger partial charge in [0.15, 0.2) is 6.10 Å². The second kappa shape index (κ2) is 70.1. The highest BCUT2D eigenvalue weighted by Gasteiger charge is 2.19. The fourth-order valence-corrected chi connectivity index (χ4v) is 10.3. The van der Waals surface area contributed by atoms with Gasteiger partial charge in [-0.2, -0.15) is 0 Å². The Morgan fingerprint density at radius 1 is 0.256 bits per heavy atom. The highest BCUT2D eigenvalue weighted by Crippen LogP contribution is 2.17. The van der Waals surface area contributed by atoms with E-state index < -0.39 is 6.10 Å². The van der Waals surface area contributed by atoms with Crippen LogP contribution in [0.15, 0.2) is 85.1 Å². The van der Waals surface area contributed by atoms with Crippen molar-refractivity contribution in [3.05, 3.63) is 85.1 Å². The molecule has 0 aromatic heterocycles. The Hall–Kier alpha value is -3.41. The van der Waals surface area contributed by atoms with Crippen molar-refractivity contribution in [2.24, 2.45) is 0 Å². The predicted molar refractivity (Wildman–Crippen MR) is 358 cm³/mol. The SMILES string of the molecule is CC/C=C\C/C=C\C/C=C\C/C=C\C/C=C\CCCCCCCCCCCCCCCC(=O)OCC(COC(=O)CCCCCCCCC/C=C\CCCCCCCC)OC(=O)CCCCCCCCC/C=C\CCCCCCCCC. The van der Waals surface area contributed by atoms with Gasteiger partial charge in [-0.1, -0.05) is 311 Å². The number of ether oxygens (including phenoxy) is 3. The third-order valence-corrected chi connectivity index (χ3v) is 15.6. The fourth-order valence-electron chi connectivity index (χ4n) is 10.3. The zero-order chi connectivity index (χ0) is 59.2. The van der Waals surface area contributed by atoms with Crippen molar-refractivity contribution in [3.63, 3.8) is 0 Å². The summed E-state index contributed by atoms with van der Waals surface area (Å²) in [5, 5.41) is 0. The van der Waals surface area contributed by atoms with Gasteiger partial charge < -0.3 is 14.2 Å². The van der Waals surface area contributed by atoms with E-state index in [0.29, 0.717) is 19.3 Å². The van der Waals surface area contributed by atoms with E-state index in [1.54, 1.807) is 0 Å². The van der Waals surface area contributed by atoms with Gasteiger partial charge in [-0.3, -0.25) is 14.4 Å². The average Bonchev–Trinajstić information content (AvgIpc) is 3.47. The summed E-state index contributed by atoms with van der Waals surface area (Å²) in [4.78, 5) is 38.5. The first-order chi connectivity index (χ1) is 40.5. The minimum Gasteiger partial charge on any atom is -0.462 e. The van der Waals surface area contributed by atoms with Crippen molar-refractivity contribution in [1.29, 1.82) is 0 Å².